The van der Waals surface area contributed by atoms with Crippen molar-refractivity contribution in [1.82, 2.24) is 14.8 Å². The molecule has 0 aliphatic carbocycles. The number of hydrogen-bond acceptors (Lipinski definition) is 5. The first-order chi connectivity index (χ1) is 11.6. The molecule has 2 rings (SSSR count). The summed E-state index contributed by atoms with van der Waals surface area (Å²) in [6.45, 7) is 3.24. The standard InChI is InChI=1S/C14H11ClF3N5O2/c1-7(2)25-13(24)22-11-8(4-19)5-21-23(11)12-10(15)3-9(6-20-12)14(16,17)18/h3,5-7H,1-2H3,(H,22,24). The molecule has 0 atom stereocenters. The fourth-order valence-electron chi connectivity index (χ4n) is 1.79. The van der Waals surface area contributed by atoms with Crippen LogP contribution in [0, 0.1) is 11.3 Å². The Kier molecular flexibility index (Phi) is 5.18. The maximum absolute atomic E-state index is 12.7. The zero-order valence-corrected chi connectivity index (χ0v) is 13.7. The number of nitriles is 1. The number of carbonyl (C=O) groups excluding carboxylic acids is 1. The Morgan fingerprint density at radius 1 is 1.44 bits per heavy atom. The van der Waals surface area contributed by atoms with Gasteiger partial charge in [0.25, 0.3) is 0 Å². The highest BCUT2D eigenvalue weighted by Gasteiger charge is 2.32. The summed E-state index contributed by atoms with van der Waals surface area (Å²) >= 11 is 5.87. The molecular formula is C14H11ClF3N5O2. The predicted octanol–water partition coefficient (Wildman–Crippen LogP) is 3.77. The highest BCUT2D eigenvalue weighted by atomic mass is 35.5. The highest BCUT2D eigenvalue weighted by Crippen LogP contribution is 2.32. The molecule has 2 heterocycles. The number of ether oxygens (including phenoxy) is 1. The largest absolute Gasteiger partial charge is 0.447 e. The van der Waals surface area contributed by atoms with Gasteiger partial charge in [0.2, 0.25) is 0 Å². The van der Waals surface area contributed by atoms with E-state index in [4.69, 9.17) is 21.6 Å². The van der Waals surface area contributed by atoms with Gasteiger partial charge in [0.05, 0.1) is 22.9 Å². The summed E-state index contributed by atoms with van der Waals surface area (Å²) in [4.78, 5) is 15.4. The number of anilines is 1. The topological polar surface area (TPSA) is 92.8 Å². The molecule has 0 saturated carbocycles. The summed E-state index contributed by atoms with van der Waals surface area (Å²) in [6, 6.07) is 2.47. The van der Waals surface area contributed by atoms with E-state index in [1.54, 1.807) is 19.9 Å². The summed E-state index contributed by atoms with van der Waals surface area (Å²) in [5.74, 6) is -0.307. The molecular weight excluding hydrogens is 363 g/mol. The fourth-order valence-corrected chi connectivity index (χ4v) is 2.04. The van der Waals surface area contributed by atoms with Crippen molar-refractivity contribution in [2.24, 2.45) is 0 Å². The van der Waals surface area contributed by atoms with Crippen LogP contribution in [0.2, 0.25) is 5.02 Å². The molecule has 0 aliphatic rings. The number of carbonyl (C=O) groups is 1. The van der Waals surface area contributed by atoms with Crippen molar-refractivity contribution in [2.45, 2.75) is 26.1 Å². The zero-order chi connectivity index (χ0) is 18.8. The van der Waals surface area contributed by atoms with Crippen LogP contribution < -0.4 is 5.32 Å². The lowest BCUT2D eigenvalue weighted by atomic mass is 10.3. The molecule has 2 aromatic heterocycles. The van der Waals surface area contributed by atoms with Crippen LogP contribution in [0.3, 0.4) is 0 Å². The maximum Gasteiger partial charge on any atom is 0.417 e. The number of hydrogen-bond donors (Lipinski definition) is 1. The average molecular weight is 374 g/mol. The second-order valence-electron chi connectivity index (χ2n) is 5.04. The Labute approximate surface area is 145 Å². The summed E-state index contributed by atoms with van der Waals surface area (Å²) in [6.07, 6.45) is -4.21. The number of alkyl halides is 3. The van der Waals surface area contributed by atoms with E-state index in [-0.39, 0.29) is 22.2 Å². The molecule has 132 valence electrons. The van der Waals surface area contributed by atoms with E-state index in [0.29, 0.717) is 12.3 Å². The molecule has 0 aliphatic heterocycles. The molecule has 25 heavy (non-hydrogen) atoms. The quantitative estimate of drug-likeness (QED) is 0.884. The van der Waals surface area contributed by atoms with Crippen LogP contribution in [0.5, 0.6) is 0 Å². The van der Waals surface area contributed by atoms with Crippen LogP contribution in [0.4, 0.5) is 23.8 Å². The Hall–Kier alpha value is -2.80. The monoisotopic (exact) mass is 373 g/mol. The minimum absolute atomic E-state index is 0.0431. The predicted molar refractivity (Wildman–Crippen MR) is 81.3 cm³/mol. The number of halogens is 4. The number of rotatable bonds is 3. The summed E-state index contributed by atoms with van der Waals surface area (Å²) in [5, 5.41) is 14.9. The molecule has 0 spiro atoms. The van der Waals surface area contributed by atoms with Gasteiger partial charge in [-0.25, -0.2) is 9.78 Å². The molecule has 0 aromatic carbocycles. The van der Waals surface area contributed by atoms with E-state index < -0.39 is 23.9 Å². The normalized spacial score (nSPS) is 11.3. The zero-order valence-electron chi connectivity index (χ0n) is 12.9. The van der Waals surface area contributed by atoms with Crippen molar-refractivity contribution in [1.29, 1.82) is 5.26 Å². The first kappa shape index (κ1) is 18.5. The van der Waals surface area contributed by atoms with Crippen LogP contribution in [0.15, 0.2) is 18.5 Å². The third kappa shape index (κ3) is 4.19. The third-order valence-electron chi connectivity index (χ3n) is 2.80. The minimum Gasteiger partial charge on any atom is -0.447 e. The Morgan fingerprint density at radius 2 is 2.12 bits per heavy atom. The van der Waals surface area contributed by atoms with Gasteiger partial charge in [-0.1, -0.05) is 11.6 Å². The number of amides is 1. The van der Waals surface area contributed by atoms with Gasteiger partial charge in [0, 0.05) is 6.20 Å². The van der Waals surface area contributed by atoms with E-state index in [0.717, 1.165) is 10.9 Å². The highest BCUT2D eigenvalue weighted by molar-refractivity contribution is 6.32. The Balaban J connectivity index is 2.45. The van der Waals surface area contributed by atoms with E-state index >= 15 is 0 Å². The van der Waals surface area contributed by atoms with Crippen LogP contribution in [-0.4, -0.2) is 27.0 Å². The van der Waals surface area contributed by atoms with Gasteiger partial charge in [-0.05, 0) is 19.9 Å². The molecule has 0 fully saturated rings. The van der Waals surface area contributed by atoms with Crippen molar-refractivity contribution in [3.05, 3.63) is 34.6 Å². The molecule has 1 amide bonds. The van der Waals surface area contributed by atoms with Gasteiger partial charge in [0.15, 0.2) is 11.6 Å². The lowest BCUT2D eigenvalue weighted by Crippen LogP contribution is -2.21. The van der Waals surface area contributed by atoms with E-state index in [9.17, 15) is 18.0 Å². The average Bonchev–Trinajstić information content (AvgIpc) is 2.87. The van der Waals surface area contributed by atoms with Crippen LogP contribution in [0.1, 0.15) is 25.0 Å². The fraction of sp³-hybridized carbons (Fsp3) is 0.286. The number of nitrogens with one attached hydrogen (secondary N) is 1. The summed E-state index contributed by atoms with van der Waals surface area (Å²) in [5.41, 5.74) is -1.08. The first-order valence-electron chi connectivity index (χ1n) is 6.82. The van der Waals surface area contributed by atoms with E-state index in [1.807, 2.05) is 0 Å². The van der Waals surface area contributed by atoms with Crippen molar-refractivity contribution >= 4 is 23.5 Å². The Morgan fingerprint density at radius 3 is 2.64 bits per heavy atom. The van der Waals surface area contributed by atoms with E-state index in [1.165, 1.54) is 0 Å². The molecule has 2 aromatic rings. The van der Waals surface area contributed by atoms with Crippen LogP contribution in [-0.2, 0) is 10.9 Å². The van der Waals surface area contributed by atoms with Crippen LogP contribution >= 0.6 is 11.6 Å². The second kappa shape index (κ2) is 6.98. The summed E-state index contributed by atoms with van der Waals surface area (Å²) < 4.78 is 43.9. The first-order valence-corrected chi connectivity index (χ1v) is 7.20. The number of aromatic nitrogens is 3. The van der Waals surface area contributed by atoms with Gasteiger partial charge in [-0.15, -0.1) is 0 Å². The SMILES string of the molecule is CC(C)OC(=O)Nc1c(C#N)cnn1-c1ncc(C(F)(F)F)cc1Cl. The van der Waals surface area contributed by atoms with Gasteiger partial charge >= 0.3 is 12.3 Å². The molecule has 0 unspecified atom stereocenters. The van der Waals surface area contributed by atoms with Gasteiger partial charge in [-0.2, -0.15) is 28.2 Å². The molecule has 0 bridgehead atoms. The molecule has 7 nitrogen and oxygen atoms in total. The molecule has 0 saturated heterocycles. The second-order valence-corrected chi connectivity index (χ2v) is 5.44. The molecule has 11 heteroatoms. The lowest BCUT2D eigenvalue weighted by molar-refractivity contribution is -0.137. The van der Waals surface area contributed by atoms with Crippen molar-refractivity contribution in [3.63, 3.8) is 0 Å². The smallest absolute Gasteiger partial charge is 0.417 e. The van der Waals surface area contributed by atoms with Gasteiger partial charge < -0.3 is 4.74 Å². The molecule has 0 radical (unpaired) electrons. The third-order valence-corrected chi connectivity index (χ3v) is 3.08. The van der Waals surface area contributed by atoms with Crippen LogP contribution in [0.25, 0.3) is 5.82 Å². The van der Waals surface area contributed by atoms with Gasteiger partial charge in [-0.3, -0.25) is 5.32 Å². The minimum atomic E-state index is -4.61. The summed E-state index contributed by atoms with van der Waals surface area (Å²) in [7, 11) is 0. The lowest BCUT2D eigenvalue weighted by Gasteiger charge is -2.13. The number of nitrogens with zero attached hydrogens (tertiary/aromatic N) is 4. The number of pyridine rings is 1. The van der Waals surface area contributed by atoms with Crippen molar-refractivity contribution in [3.8, 4) is 11.9 Å². The van der Waals surface area contributed by atoms with Crippen molar-refractivity contribution < 1.29 is 22.7 Å². The van der Waals surface area contributed by atoms with E-state index in [2.05, 4.69) is 15.4 Å². The molecule has 1 N–H and O–H groups in total. The Bertz CT molecular complexity index is 842. The van der Waals surface area contributed by atoms with Crippen molar-refractivity contribution in [2.75, 3.05) is 5.32 Å². The van der Waals surface area contributed by atoms with Gasteiger partial charge in [0.1, 0.15) is 11.6 Å². The maximum atomic E-state index is 12.7.